The highest BCUT2D eigenvalue weighted by atomic mass is 32.2. The molecule has 4 aromatic rings. The Kier molecular flexibility index (Phi) is 4.55. The molecule has 0 atom stereocenters. The molecule has 0 N–H and O–H groups in total. The zero-order valence-corrected chi connectivity index (χ0v) is 17.9. The van der Waals surface area contributed by atoms with E-state index in [1.165, 1.54) is 9.80 Å². The zero-order chi connectivity index (χ0) is 21.5. The predicted molar refractivity (Wildman–Crippen MR) is 131 cm³/mol. The van der Waals surface area contributed by atoms with Gasteiger partial charge in [0.25, 0.3) is 0 Å². The molecule has 152 valence electrons. The van der Waals surface area contributed by atoms with Crippen molar-refractivity contribution in [2.24, 2.45) is 0 Å². The maximum absolute atomic E-state index is 12.7. The highest BCUT2D eigenvalue weighted by Crippen LogP contribution is 2.55. The number of carbonyl (C=O) groups is 1. The lowest BCUT2D eigenvalue weighted by atomic mass is 9.93. The first-order valence-electron chi connectivity index (χ1n) is 10.5. The van der Waals surface area contributed by atoms with Crippen LogP contribution in [0.5, 0.6) is 0 Å². The number of hydrogen-bond donors (Lipinski definition) is 0. The Balaban J connectivity index is 1.68. The third kappa shape index (κ3) is 3.02. The number of cyclic esters (lactones) is 1. The maximum Gasteiger partial charge on any atom is 0.344 e. The highest BCUT2D eigenvalue weighted by molar-refractivity contribution is 8.08. The van der Waals surface area contributed by atoms with Crippen molar-refractivity contribution in [3.05, 3.63) is 137 Å². The predicted octanol–water partition coefficient (Wildman–Crippen LogP) is 7.40. The molecule has 6 rings (SSSR count). The Labute approximate surface area is 190 Å². The van der Waals surface area contributed by atoms with Gasteiger partial charge in [0.2, 0.25) is 0 Å². The SMILES string of the molecule is O=C1O/C(=C2\C(c3ccccc3)=C(Sc3ccccc3)c3ccccc32)c2ccccc21. The molecule has 0 amide bonds. The van der Waals surface area contributed by atoms with Crippen LogP contribution < -0.4 is 0 Å². The van der Waals surface area contributed by atoms with Crippen LogP contribution >= 0.6 is 11.8 Å². The largest absolute Gasteiger partial charge is 0.422 e. The van der Waals surface area contributed by atoms with Crippen molar-refractivity contribution in [1.29, 1.82) is 0 Å². The van der Waals surface area contributed by atoms with Gasteiger partial charge in [-0.2, -0.15) is 0 Å². The molecule has 0 bridgehead atoms. The van der Waals surface area contributed by atoms with E-state index in [-0.39, 0.29) is 5.97 Å². The van der Waals surface area contributed by atoms with Gasteiger partial charge in [0, 0.05) is 26.5 Å². The van der Waals surface area contributed by atoms with Gasteiger partial charge in [-0.05, 0) is 34.9 Å². The van der Waals surface area contributed by atoms with Crippen LogP contribution in [0.1, 0.15) is 32.6 Å². The molecule has 0 saturated carbocycles. The van der Waals surface area contributed by atoms with Gasteiger partial charge < -0.3 is 4.74 Å². The standard InChI is InChI=1S/C29H18O2S/c30-29-24-18-10-8-16-22(24)27(31-29)26-21-15-7-9-17-23(21)28(32-20-13-5-2-6-14-20)25(26)19-11-3-1-4-12-19/h1-18H/b27-26-. The van der Waals surface area contributed by atoms with E-state index >= 15 is 0 Å². The van der Waals surface area contributed by atoms with Crippen molar-refractivity contribution >= 4 is 39.5 Å². The second-order valence-electron chi connectivity index (χ2n) is 7.67. The van der Waals surface area contributed by atoms with E-state index in [1.807, 2.05) is 54.6 Å². The second kappa shape index (κ2) is 7.70. The summed E-state index contributed by atoms with van der Waals surface area (Å²) in [4.78, 5) is 15.0. The number of carbonyl (C=O) groups excluding carboxylic acids is 1. The summed E-state index contributed by atoms with van der Waals surface area (Å²) in [7, 11) is 0. The quantitative estimate of drug-likeness (QED) is 0.317. The Bertz CT molecular complexity index is 1420. The smallest absolute Gasteiger partial charge is 0.344 e. The third-order valence-electron chi connectivity index (χ3n) is 5.76. The van der Waals surface area contributed by atoms with Crippen LogP contribution in [-0.4, -0.2) is 5.97 Å². The van der Waals surface area contributed by atoms with Gasteiger partial charge in [-0.1, -0.05) is 103 Å². The van der Waals surface area contributed by atoms with Crippen molar-refractivity contribution in [3.8, 4) is 0 Å². The second-order valence-corrected chi connectivity index (χ2v) is 8.75. The number of benzene rings is 4. The molecule has 1 aliphatic carbocycles. The van der Waals surface area contributed by atoms with Crippen molar-refractivity contribution in [1.82, 2.24) is 0 Å². The number of hydrogen-bond acceptors (Lipinski definition) is 3. The molecule has 0 aromatic heterocycles. The summed E-state index contributed by atoms with van der Waals surface area (Å²) in [6, 6.07) is 36.8. The lowest BCUT2D eigenvalue weighted by Crippen LogP contribution is -1.95. The van der Waals surface area contributed by atoms with Gasteiger partial charge in [-0.15, -0.1) is 0 Å². The van der Waals surface area contributed by atoms with E-state index in [4.69, 9.17) is 4.74 Å². The molecule has 0 saturated heterocycles. The van der Waals surface area contributed by atoms with Crippen LogP contribution in [0, 0.1) is 0 Å². The lowest BCUT2D eigenvalue weighted by Gasteiger charge is -2.12. The Morgan fingerprint density at radius 2 is 1.09 bits per heavy atom. The molecule has 1 heterocycles. The summed E-state index contributed by atoms with van der Waals surface area (Å²) >= 11 is 1.75. The first-order valence-corrected chi connectivity index (χ1v) is 11.3. The molecule has 2 aliphatic rings. The van der Waals surface area contributed by atoms with E-state index in [2.05, 4.69) is 54.6 Å². The number of thioether (sulfide) groups is 1. The summed E-state index contributed by atoms with van der Waals surface area (Å²) in [6.45, 7) is 0. The lowest BCUT2D eigenvalue weighted by molar-refractivity contribution is 0.0716. The van der Waals surface area contributed by atoms with Crippen molar-refractivity contribution < 1.29 is 9.53 Å². The Morgan fingerprint density at radius 1 is 0.531 bits per heavy atom. The average Bonchev–Trinajstić information content (AvgIpc) is 3.35. The summed E-state index contributed by atoms with van der Waals surface area (Å²) in [5.41, 5.74) is 6.88. The van der Waals surface area contributed by atoms with E-state index in [0.717, 1.165) is 33.4 Å². The normalized spacial score (nSPS) is 16.7. The maximum atomic E-state index is 12.7. The molecule has 0 radical (unpaired) electrons. The fraction of sp³-hybridized carbons (Fsp3) is 0. The van der Waals surface area contributed by atoms with Crippen molar-refractivity contribution in [2.45, 2.75) is 4.90 Å². The minimum atomic E-state index is -0.294. The topological polar surface area (TPSA) is 26.3 Å². The number of fused-ring (bicyclic) bond motifs is 2. The van der Waals surface area contributed by atoms with E-state index in [1.54, 1.807) is 11.8 Å². The van der Waals surface area contributed by atoms with Crippen LogP contribution in [0.25, 0.3) is 21.8 Å². The van der Waals surface area contributed by atoms with Gasteiger partial charge in [0.05, 0.1) is 5.56 Å². The molecule has 1 aliphatic heterocycles. The first-order chi connectivity index (χ1) is 15.8. The van der Waals surface area contributed by atoms with Gasteiger partial charge in [0.1, 0.15) is 5.76 Å². The first kappa shape index (κ1) is 18.9. The third-order valence-corrected chi connectivity index (χ3v) is 6.89. The minimum Gasteiger partial charge on any atom is -0.422 e. The molecule has 32 heavy (non-hydrogen) atoms. The fourth-order valence-corrected chi connectivity index (χ4v) is 5.50. The molecule has 3 heteroatoms. The Morgan fingerprint density at radius 3 is 1.81 bits per heavy atom. The molecule has 0 fully saturated rings. The van der Waals surface area contributed by atoms with Crippen LogP contribution in [0.2, 0.25) is 0 Å². The van der Waals surface area contributed by atoms with E-state index in [0.29, 0.717) is 11.3 Å². The number of esters is 1. The number of allylic oxidation sites excluding steroid dienone is 2. The molecular formula is C29H18O2S. The van der Waals surface area contributed by atoms with Gasteiger partial charge in [-0.3, -0.25) is 0 Å². The monoisotopic (exact) mass is 430 g/mol. The summed E-state index contributed by atoms with van der Waals surface area (Å²) in [5.74, 6) is 0.345. The van der Waals surface area contributed by atoms with E-state index in [9.17, 15) is 4.79 Å². The summed E-state index contributed by atoms with van der Waals surface area (Å²) < 4.78 is 5.92. The van der Waals surface area contributed by atoms with Crippen LogP contribution in [0.15, 0.2) is 114 Å². The van der Waals surface area contributed by atoms with Gasteiger partial charge in [0.15, 0.2) is 0 Å². The molecule has 0 unspecified atom stereocenters. The highest BCUT2D eigenvalue weighted by Gasteiger charge is 2.36. The number of rotatable bonds is 3. The molecule has 0 spiro atoms. The van der Waals surface area contributed by atoms with Crippen molar-refractivity contribution in [3.63, 3.8) is 0 Å². The van der Waals surface area contributed by atoms with Crippen LogP contribution in [0.3, 0.4) is 0 Å². The average molecular weight is 431 g/mol. The zero-order valence-electron chi connectivity index (χ0n) is 17.1. The fourth-order valence-electron chi connectivity index (χ4n) is 4.36. The van der Waals surface area contributed by atoms with Gasteiger partial charge in [-0.25, -0.2) is 4.79 Å². The molecule has 4 aromatic carbocycles. The Hall–Kier alpha value is -3.82. The van der Waals surface area contributed by atoms with Crippen molar-refractivity contribution in [2.75, 3.05) is 0 Å². The molecular weight excluding hydrogens is 412 g/mol. The minimum absolute atomic E-state index is 0.294. The van der Waals surface area contributed by atoms with E-state index < -0.39 is 0 Å². The summed E-state index contributed by atoms with van der Waals surface area (Å²) in [5, 5.41) is 0. The molecule has 2 nitrogen and oxygen atoms in total. The van der Waals surface area contributed by atoms with Crippen LogP contribution in [-0.2, 0) is 4.74 Å². The number of ether oxygens (including phenoxy) is 1. The van der Waals surface area contributed by atoms with Crippen LogP contribution in [0.4, 0.5) is 0 Å². The van der Waals surface area contributed by atoms with Gasteiger partial charge >= 0.3 is 5.97 Å². The summed E-state index contributed by atoms with van der Waals surface area (Å²) in [6.07, 6.45) is 0.